The molecule has 4 heteroatoms. The van der Waals surface area contributed by atoms with E-state index in [0.717, 1.165) is 25.5 Å². The van der Waals surface area contributed by atoms with Gasteiger partial charge < -0.3 is 5.32 Å². The van der Waals surface area contributed by atoms with Crippen molar-refractivity contribution in [2.24, 2.45) is 5.41 Å². The van der Waals surface area contributed by atoms with Crippen LogP contribution in [0.1, 0.15) is 51.8 Å². The van der Waals surface area contributed by atoms with E-state index in [1.807, 2.05) is 4.68 Å². The maximum absolute atomic E-state index is 4.29. The average molecular weight is 236 g/mol. The predicted octanol–water partition coefficient (Wildman–Crippen LogP) is 2.36. The van der Waals surface area contributed by atoms with E-state index in [-0.39, 0.29) is 0 Å². The van der Waals surface area contributed by atoms with Gasteiger partial charge >= 0.3 is 0 Å². The van der Waals surface area contributed by atoms with Crippen LogP contribution in [-0.4, -0.2) is 21.3 Å². The third-order valence-corrected chi connectivity index (χ3v) is 4.19. The Labute approximate surface area is 104 Å². The van der Waals surface area contributed by atoms with E-state index in [0.29, 0.717) is 5.41 Å². The van der Waals surface area contributed by atoms with Crippen molar-refractivity contribution in [1.82, 2.24) is 20.1 Å². The van der Waals surface area contributed by atoms with Gasteiger partial charge in [-0.3, -0.25) is 0 Å². The number of nitrogens with zero attached hydrogens (tertiary/aromatic N) is 3. The van der Waals surface area contributed by atoms with Crippen molar-refractivity contribution in [3.05, 3.63) is 12.2 Å². The van der Waals surface area contributed by atoms with Gasteiger partial charge in [-0.2, -0.15) is 5.10 Å². The van der Waals surface area contributed by atoms with Gasteiger partial charge in [0.25, 0.3) is 0 Å². The Balaban J connectivity index is 1.82. The molecule has 0 atom stereocenters. The molecule has 0 radical (unpaired) electrons. The first-order valence-electron chi connectivity index (χ1n) is 6.87. The Kier molecular flexibility index (Phi) is 4.15. The van der Waals surface area contributed by atoms with Crippen LogP contribution in [0.15, 0.2) is 6.33 Å². The average Bonchev–Trinajstić information content (AvgIpc) is 2.98. The van der Waals surface area contributed by atoms with E-state index in [1.165, 1.54) is 32.1 Å². The van der Waals surface area contributed by atoms with E-state index in [1.54, 1.807) is 6.33 Å². The fourth-order valence-electron chi connectivity index (χ4n) is 2.91. The predicted molar refractivity (Wildman–Crippen MR) is 68.6 cm³/mol. The van der Waals surface area contributed by atoms with Crippen molar-refractivity contribution < 1.29 is 0 Å². The summed E-state index contributed by atoms with van der Waals surface area (Å²) in [4.78, 5) is 4.29. The molecule has 1 aromatic rings. The lowest BCUT2D eigenvalue weighted by molar-refractivity contribution is 0.266. The number of aromatic nitrogens is 3. The highest BCUT2D eigenvalue weighted by atomic mass is 15.3. The molecule has 17 heavy (non-hydrogen) atoms. The molecule has 0 saturated heterocycles. The van der Waals surface area contributed by atoms with Crippen LogP contribution in [0.2, 0.25) is 0 Å². The summed E-state index contributed by atoms with van der Waals surface area (Å²) in [5.41, 5.74) is 0.553. The summed E-state index contributed by atoms with van der Waals surface area (Å²) in [6.45, 7) is 7.29. The maximum Gasteiger partial charge on any atom is 0.140 e. The van der Waals surface area contributed by atoms with Crippen molar-refractivity contribution in [2.75, 3.05) is 6.54 Å². The summed E-state index contributed by atoms with van der Waals surface area (Å²) in [5, 5.41) is 7.76. The van der Waals surface area contributed by atoms with Gasteiger partial charge in [-0.05, 0) is 31.6 Å². The Morgan fingerprint density at radius 3 is 2.76 bits per heavy atom. The highest BCUT2D eigenvalue weighted by Crippen LogP contribution is 2.40. The lowest BCUT2D eigenvalue weighted by atomic mass is 9.83. The first-order valence-corrected chi connectivity index (χ1v) is 6.87. The molecule has 1 aliphatic carbocycles. The molecule has 96 valence electrons. The minimum Gasteiger partial charge on any atom is -0.309 e. The minimum absolute atomic E-state index is 0.553. The van der Waals surface area contributed by atoms with Crippen molar-refractivity contribution in [2.45, 2.75) is 59.0 Å². The van der Waals surface area contributed by atoms with Gasteiger partial charge in [-0.1, -0.05) is 19.8 Å². The lowest BCUT2D eigenvalue weighted by Gasteiger charge is -2.27. The van der Waals surface area contributed by atoms with E-state index >= 15 is 0 Å². The van der Waals surface area contributed by atoms with Crippen LogP contribution < -0.4 is 5.32 Å². The molecule has 1 aromatic heterocycles. The van der Waals surface area contributed by atoms with E-state index in [4.69, 9.17) is 0 Å². The number of hydrogen-bond acceptors (Lipinski definition) is 3. The topological polar surface area (TPSA) is 42.7 Å². The summed E-state index contributed by atoms with van der Waals surface area (Å²) < 4.78 is 1.96. The molecule has 1 N–H and O–H groups in total. The largest absolute Gasteiger partial charge is 0.309 e. The monoisotopic (exact) mass is 236 g/mol. The van der Waals surface area contributed by atoms with E-state index in [9.17, 15) is 0 Å². The van der Waals surface area contributed by atoms with Gasteiger partial charge in [0.1, 0.15) is 12.2 Å². The first kappa shape index (κ1) is 12.6. The fraction of sp³-hybridized carbons (Fsp3) is 0.846. The van der Waals surface area contributed by atoms with Gasteiger partial charge in [0.05, 0.1) is 6.54 Å². The maximum atomic E-state index is 4.29. The number of nitrogens with one attached hydrogen (secondary N) is 1. The molecule has 1 fully saturated rings. The molecule has 0 spiro atoms. The summed E-state index contributed by atoms with van der Waals surface area (Å²) in [6, 6.07) is 0. The van der Waals surface area contributed by atoms with Gasteiger partial charge in [0, 0.05) is 13.1 Å². The molecule has 0 unspecified atom stereocenters. The Hall–Kier alpha value is -0.900. The molecule has 4 nitrogen and oxygen atoms in total. The molecule has 0 bridgehead atoms. The first-order chi connectivity index (χ1) is 8.29. The molecule has 2 rings (SSSR count). The summed E-state index contributed by atoms with van der Waals surface area (Å²) >= 11 is 0. The second-order valence-electron chi connectivity index (χ2n) is 5.16. The van der Waals surface area contributed by atoms with Gasteiger partial charge in [-0.15, -0.1) is 0 Å². The van der Waals surface area contributed by atoms with Crippen LogP contribution in [0, 0.1) is 5.41 Å². The molecule has 1 heterocycles. The second-order valence-corrected chi connectivity index (χ2v) is 5.16. The van der Waals surface area contributed by atoms with E-state index in [2.05, 4.69) is 29.2 Å². The van der Waals surface area contributed by atoms with Crippen LogP contribution in [0.5, 0.6) is 0 Å². The molecule has 0 amide bonds. The minimum atomic E-state index is 0.553. The zero-order valence-electron chi connectivity index (χ0n) is 11.1. The second kappa shape index (κ2) is 5.63. The standard InChI is InChI=1S/C13H24N4/c1-3-13(7-5-6-8-13)10-14-9-12-15-11-16-17(12)4-2/h11,14H,3-10H2,1-2H3. The number of hydrogen-bond donors (Lipinski definition) is 1. The quantitative estimate of drug-likeness (QED) is 0.824. The SMILES string of the molecule is CCn1ncnc1CNCC1(CC)CCCC1. The lowest BCUT2D eigenvalue weighted by Crippen LogP contribution is -2.32. The Bertz CT molecular complexity index is 339. The van der Waals surface area contributed by atoms with Crippen LogP contribution in [0.3, 0.4) is 0 Å². The van der Waals surface area contributed by atoms with Crippen molar-refractivity contribution in [1.29, 1.82) is 0 Å². The van der Waals surface area contributed by atoms with Crippen LogP contribution in [-0.2, 0) is 13.1 Å². The molecular formula is C13H24N4. The zero-order chi connectivity index (χ0) is 12.1. The Morgan fingerprint density at radius 2 is 2.12 bits per heavy atom. The number of aryl methyl sites for hydroxylation is 1. The summed E-state index contributed by atoms with van der Waals surface area (Å²) in [7, 11) is 0. The summed E-state index contributed by atoms with van der Waals surface area (Å²) in [5.74, 6) is 1.05. The van der Waals surface area contributed by atoms with Gasteiger partial charge in [0.2, 0.25) is 0 Å². The normalized spacial score (nSPS) is 18.7. The van der Waals surface area contributed by atoms with Crippen LogP contribution >= 0.6 is 0 Å². The molecule has 0 aromatic carbocycles. The van der Waals surface area contributed by atoms with Crippen molar-refractivity contribution >= 4 is 0 Å². The van der Waals surface area contributed by atoms with Crippen molar-refractivity contribution in [3.8, 4) is 0 Å². The highest BCUT2D eigenvalue weighted by molar-refractivity contribution is 4.88. The third-order valence-electron chi connectivity index (χ3n) is 4.19. The zero-order valence-corrected chi connectivity index (χ0v) is 11.1. The third kappa shape index (κ3) is 2.86. The smallest absolute Gasteiger partial charge is 0.140 e. The van der Waals surface area contributed by atoms with Crippen molar-refractivity contribution in [3.63, 3.8) is 0 Å². The van der Waals surface area contributed by atoms with E-state index < -0.39 is 0 Å². The molecule has 1 aliphatic rings. The molecule has 1 saturated carbocycles. The highest BCUT2D eigenvalue weighted by Gasteiger charge is 2.31. The van der Waals surface area contributed by atoms with Crippen LogP contribution in [0.25, 0.3) is 0 Å². The summed E-state index contributed by atoms with van der Waals surface area (Å²) in [6.07, 6.45) is 8.52. The molecule has 0 aliphatic heterocycles. The van der Waals surface area contributed by atoms with Crippen LogP contribution in [0.4, 0.5) is 0 Å². The molecular weight excluding hydrogens is 212 g/mol. The fourth-order valence-corrected chi connectivity index (χ4v) is 2.91. The Morgan fingerprint density at radius 1 is 1.35 bits per heavy atom. The number of rotatable bonds is 6. The van der Waals surface area contributed by atoms with Gasteiger partial charge in [0.15, 0.2) is 0 Å². The van der Waals surface area contributed by atoms with Gasteiger partial charge in [-0.25, -0.2) is 9.67 Å².